The minimum absolute atomic E-state index is 1.23. The Hall–Kier alpha value is -9.75. The van der Waals surface area contributed by atoms with Crippen molar-refractivity contribution in [2.24, 2.45) is 0 Å². The molecule has 0 bridgehead atoms. The van der Waals surface area contributed by atoms with Gasteiger partial charge in [0.25, 0.3) is 0 Å². The number of rotatable bonds is 1. The third-order valence-electron chi connectivity index (χ3n) is 19.3. The zero-order chi connectivity index (χ0) is 51.1. The fourth-order valence-electron chi connectivity index (χ4n) is 16.2. The van der Waals surface area contributed by atoms with Gasteiger partial charge in [-0.1, -0.05) is 66.7 Å². The van der Waals surface area contributed by atoms with Gasteiger partial charge in [0.2, 0.25) is 0 Å². The second-order valence-electron chi connectivity index (χ2n) is 22.9. The van der Waals surface area contributed by atoms with Crippen molar-refractivity contribution < 1.29 is 0 Å². The summed E-state index contributed by atoms with van der Waals surface area (Å²) in [5.74, 6) is 0. The summed E-state index contributed by atoms with van der Waals surface area (Å²) in [5.41, 5.74) is 19.8. The molecule has 8 heterocycles. The third kappa shape index (κ3) is 4.49. The molecule has 3 nitrogen and oxygen atoms in total. The number of para-hydroxylation sites is 2. The van der Waals surface area contributed by atoms with E-state index in [0.29, 0.717) is 0 Å². The monoisotopic (exact) mass is 1120 g/mol. The molecule has 2 aliphatic rings. The van der Waals surface area contributed by atoms with Gasteiger partial charge < -0.3 is 4.40 Å². The number of nitrogens with zero attached hydrogens (tertiary/aromatic N) is 3. The molecule has 2 aliphatic heterocycles. The molecule has 4 heteroatoms. The molecular weight excluding hydrogens is 1080 g/mol. The maximum atomic E-state index is 2.66. The summed E-state index contributed by atoms with van der Waals surface area (Å²) < 4.78 is 12.5. The number of hydrogen-bond acceptors (Lipinski definition) is 0. The molecule has 364 valence electrons. The van der Waals surface area contributed by atoms with Gasteiger partial charge in [0.1, 0.15) is 0 Å². The van der Waals surface area contributed by atoms with E-state index < -0.39 is 19.8 Å². The van der Waals surface area contributed by atoms with E-state index in [1.807, 2.05) is 0 Å². The van der Waals surface area contributed by atoms with E-state index in [1.165, 1.54) is 191 Å². The Morgan fingerprint density at radius 2 is 0.713 bits per heavy atom. The second kappa shape index (κ2) is 13.6. The number of hydrogen-bond donors (Lipinski definition) is 0. The number of benzene rings is 14. The molecule has 80 heavy (non-hydrogen) atoms. The summed E-state index contributed by atoms with van der Waals surface area (Å²) in [4.78, 5) is 0. The molecule has 0 spiro atoms. The summed E-state index contributed by atoms with van der Waals surface area (Å²) in [6.45, 7) is 0. The van der Waals surface area contributed by atoms with Gasteiger partial charge in [-0.05, 0) is 40.4 Å². The van der Waals surface area contributed by atoms with Crippen LogP contribution in [0.2, 0.25) is 0 Å². The van der Waals surface area contributed by atoms with Crippen LogP contribution < -0.4 is 0 Å². The number of fused-ring (bicyclic) bond motifs is 32. The standard InChI is InChI=1S/C76H38IN3/c1-4-16-45-42(14-1)31-57-53-37-67-54(36-66(53)79-64-24-12-9-21-51(64)70(45)75(57)79)58-32-43-15-2-5-17-46(43)71-52-28-26-40(34-65(52)80(67)76(58)71)39-25-27-48-44(29-39)33-55-49-19-7-10-22-61(49)77-62-35-60-68(38-59(62)69(48)73(55)77)78-63-23-11-8-20-50(63)56-30-41-13-3-6-18-47(41)72(60)74(56)78/h1-38H. The topological polar surface area (TPSA) is 13.2 Å². The Balaban J connectivity index is 0.805. The van der Waals surface area contributed by atoms with Gasteiger partial charge in [0, 0.05) is 21.5 Å². The maximum absolute atomic E-state index is 2.66. The van der Waals surface area contributed by atoms with E-state index in [2.05, 4.69) is 244 Å². The first-order valence-corrected chi connectivity index (χ1v) is 31.1. The quantitative estimate of drug-likeness (QED) is 0.145. The van der Waals surface area contributed by atoms with Gasteiger partial charge in [-0.2, -0.15) is 0 Å². The molecule has 0 saturated heterocycles. The molecule has 0 amide bonds. The van der Waals surface area contributed by atoms with Crippen LogP contribution in [0.1, 0.15) is 0 Å². The predicted molar refractivity (Wildman–Crippen MR) is 347 cm³/mol. The molecule has 0 saturated carbocycles. The van der Waals surface area contributed by atoms with Crippen LogP contribution >= 0.6 is 19.8 Å². The van der Waals surface area contributed by atoms with Gasteiger partial charge in [-0.25, -0.2) is 0 Å². The van der Waals surface area contributed by atoms with Crippen LogP contribution in [0.3, 0.4) is 0 Å². The fraction of sp³-hybridized carbons (Fsp3) is 0. The van der Waals surface area contributed by atoms with Crippen molar-refractivity contribution in [2.45, 2.75) is 0 Å². The summed E-state index contributed by atoms with van der Waals surface area (Å²) in [7, 11) is 0. The van der Waals surface area contributed by atoms with Crippen LogP contribution in [0, 0.1) is 10.7 Å². The van der Waals surface area contributed by atoms with Gasteiger partial charge in [0.15, 0.2) is 0 Å². The molecule has 22 rings (SSSR count). The van der Waals surface area contributed by atoms with Crippen LogP contribution in [0.4, 0.5) is 0 Å². The SMILES string of the molecule is c1ccc2c(c1)-c1cc3cc(-c4ccc5c6c7ccccc7cc7c8cc9c(cc8n(c5c4)c76)c4cc5ccccc5c5c6ccccc6n9c45)ccc3c3c1I2c1cc2c4c5ccccc5cc5c6ccccc6n(c2cc1-3)c54. The second-order valence-corrected chi connectivity index (χ2v) is 27.9. The van der Waals surface area contributed by atoms with E-state index in [-0.39, 0.29) is 0 Å². The minimum atomic E-state index is -2.06. The van der Waals surface area contributed by atoms with Crippen molar-refractivity contribution in [1.82, 2.24) is 13.2 Å². The van der Waals surface area contributed by atoms with E-state index in [0.717, 1.165) is 0 Å². The molecule has 14 aromatic carbocycles. The Labute approximate surface area is 461 Å². The molecule has 0 N–H and O–H groups in total. The number of halogens is 1. The van der Waals surface area contributed by atoms with Crippen molar-refractivity contribution in [3.63, 3.8) is 0 Å². The summed E-state index contributed by atoms with van der Waals surface area (Å²) in [5, 5.41) is 26.4. The van der Waals surface area contributed by atoms with Crippen LogP contribution in [0.15, 0.2) is 231 Å². The van der Waals surface area contributed by atoms with Gasteiger partial charge in [0.05, 0.1) is 16.6 Å². The van der Waals surface area contributed by atoms with Crippen molar-refractivity contribution >= 4 is 177 Å². The van der Waals surface area contributed by atoms with Gasteiger partial charge in [-0.3, -0.25) is 0 Å². The summed E-state index contributed by atoms with van der Waals surface area (Å²) in [6.07, 6.45) is 0. The van der Waals surface area contributed by atoms with E-state index in [9.17, 15) is 0 Å². The first-order valence-electron chi connectivity index (χ1n) is 27.9. The zero-order valence-electron chi connectivity index (χ0n) is 42.7. The average Bonchev–Trinajstić information content (AvgIpc) is 4.54. The molecule has 6 aromatic heterocycles. The van der Waals surface area contributed by atoms with E-state index in [1.54, 1.807) is 10.7 Å². The summed E-state index contributed by atoms with van der Waals surface area (Å²) in [6, 6.07) is 89.3. The Morgan fingerprint density at radius 1 is 0.237 bits per heavy atom. The molecular formula is C76H38IN3. The molecule has 0 unspecified atom stereocenters. The van der Waals surface area contributed by atoms with Crippen LogP contribution in [-0.4, -0.2) is 13.2 Å². The van der Waals surface area contributed by atoms with Crippen molar-refractivity contribution in [3.8, 4) is 33.4 Å². The molecule has 20 aromatic rings. The van der Waals surface area contributed by atoms with Crippen molar-refractivity contribution in [3.05, 3.63) is 241 Å². The zero-order valence-corrected chi connectivity index (χ0v) is 44.8. The Bertz CT molecular complexity index is 6350. The normalized spacial score (nSPS) is 13.9. The van der Waals surface area contributed by atoms with Gasteiger partial charge >= 0.3 is 315 Å². The molecule has 0 atom stereocenters. The van der Waals surface area contributed by atoms with Crippen LogP contribution in [-0.2, 0) is 0 Å². The average molecular weight is 1120 g/mol. The third-order valence-corrected chi connectivity index (χ3v) is 25.7. The first kappa shape index (κ1) is 40.5. The van der Waals surface area contributed by atoms with Crippen LogP contribution in [0.25, 0.3) is 191 Å². The van der Waals surface area contributed by atoms with E-state index >= 15 is 0 Å². The molecule has 0 aliphatic carbocycles. The van der Waals surface area contributed by atoms with Crippen molar-refractivity contribution in [2.75, 3.05) is 0 Å². The van der Waals surface area contributed by atoms with Crippen LogP contribution in [0.5, 0.6) is 0 Å². The molecule has 0 fully saturated rings. The predicted octanol–water partition coefficient (Wildman–Crippen LogP) is 20.8. The number of aromatic nitrogens is 3. The summed E-state index contributed by atoms with van der Waals surface area (Å²) >= 11 is -2.06. The van der Waals surface area contributed by atoms with Crippen molar-refractivity contribution in [1.29, 1.82) is 0 Å². The van der Waals surface area contributed by atoms with Gasteiger partial charge in [-0.15, -0.1) is 0 Å². The Kier molecular flexibility index (Phi) is 6.86. The first-order chi connectivity index (χ1) is 39.7. The van der Waals surface area contributed by atoms with E-state index in [4.69, 9.17) is 0 Å². The molecule has 0 radical (unpaired) electrons. The Morgan fingerprint density at radius 3 is 1.38 bits per heavy atom. The fourth-order valence-corrected chi connectivity index (χ4v) is 23.4.